The number of halogens is 2. The zero-order chi connectivity index (χ0) is 26.6. The van der Waals surface area contributed by atoms with Gasteiger partial charge in [-0.3, -0.25) is 19.0 Å². The minimum atomic E-state index is -1.03. The fourth-order valence-electron chi connectivity index (χ4n) is 3.95. The van der Waals surface area contributed by atoms with Crippen LogP contribution in [0.25, 0.3) is 17.7 Å². The second kappa shape index (κ2) is 10.4. The van der Waals surface area contributed by atoms with Gasteiger partial charge in [0.1, 0.15) is 11.4 Å². The molecule has 1 aliphatic heterocycles. The SMILES string of the molecule is O=C1Nc2cc(/C=C/CNC(=O)c3cncn(Cc4ccc(F)c(F)c4)c3=O)ccc2C1=Cc1ncc[nH]1. The predicted octanol–water partition coefficient (Wildman–Crippen LogP) is 3.23. The number of anilines is 1. The van der Waals surface area contributed by atoms with E-state index in [4.69, 9.17) is 0 Å². The first-order valence-electron chi connectivity index (χ1n) is 11.5. The third-order valence-corrected chi connectivity index (χ3v) is 5.80. The van der Waals surface area contributed by atoms with E-state index < -0.39 is 23.1 Å². The van der Waals surface area contributed by atoms with E-state index in [1.54, 1.807) is 30.6 Å². The van der Waals surface area contributed by atoms with Crippen LogP contribution in [0.2, 0.25) is 0 Å². The Kier molecular flexibility index (Phi) is 6.72. The molecule has 2 aromatic heterocycles. The van der Waals surface area contributed by atoms with Gasteiger partial charge >= 0.3 is 0 Å². The number of H-pyrrole nitrogens is 1. The number of nitrogens with one attached hydrogen (secondary N) is 3. The molecule has 38 heavy (non-hydrogen) atoms. The van der Waals surface area contributed by atoms with Gasteiger partial charge in [-0.05, 0) is 35.4 Å². The highest BCUT2D eigenvalue weighted by molar-refractivity contribution is 6.34. The van der Waals surface area contributed by atoms with E-state index >= 15 is 0 Å². The third kappa shape index (κ3) is 5.16. The second-order valence-electron chi connectivity index (χ2n) is 8.39. The second-order valence-corrected chi connectivity index (χ2v) is 8.39. The van der Waals surface area contributed by atoms with Crippen LogP contribution in [0.4, 0.5) is 14.5 Å². The molecule has 0 radical (unpaired) electrons. The monoisotopic (exact) mass is 514 g/mol. The molecule has 9 nitrogen and oxygen atoms in total. The zero-order valence-corrected chi connectivity index (χ0v) is 19.7. The number of benzene rings is 2. The summed E-state index contributed by atoms with van der Waals surface area (Å²) in [5, 5.41) is 5.46. The van der Waals surface area contributed by atoms with Crippen molar-refractivity contribution in [3.8, 4) is 0 Å². The fraction of sp³-hybridized carbons (Fsp3) is 0.0741. The van der Waals surface area contributed by atoms with Crippen molar-refractivity contribution in [1.82, 2.24) is 24.8 Å². The number of aromatic amines is 1. The fourth-order valence-corrected chi connectivity index (χ4v) is 3.95. The Morgan fingerprint density at radius 3 is 2.76 bits per heavy atom. The van der Waals surface area contributed by atoms with Gasteiger partial charge in [-0.15, -0.1) is 0 Å². The van der Waals surface area contributed by atoms with E-state index in [9.17, 15) is 23.2 Å². The summed E-state index contributed by atoms with van der Waals surface area (Å²) in [4.78, 5) is 48.6. The van der Waals surface area contributed by atoms with Crippen molar-refractivity contribution in [2.75, 3.05) is 11.9 Å². The molecule has 2 amide bonds. The Bertz CT molecular complexity index is 1660. The third-order valence-electron chi connectivity index (χ3n) is 5.80. The van der Waals surface area contributed by atoms with Gasteiger partial charge in [0.2, 0.25) is 0 Å². The molecule has 3 N–H and O–H groups in total. The quantitative estimate of drug-likeness (QED) is 0.327. The molecule has 0 unspecified atom stereocenters. The summed E-state index contributed by atoms with van der Waals surface area (Å²) in [6.07, 6.45) is 10.8. The average Bonchev–Trinajstić information content (AvgIpc) is 3.53. The van der Waals surface area contributed by atoms with Gasteiger partial charge in [0, 0.05) is 36.4 Å². The standard InChI is InChI=1S/C27H20F2N6O3/c28-21-6-4-17(10-22(21)29)14-35-15-30-13-20(27(35)38)25(36)33-7-1-2-16-3-5-18-19(12-24-31-8-9-32-24)26(37)34-23(18)11-16/h1-6,8-13,15H,7,14H2,(H,31,32)(H,33,36)(H,34,37)/b2-1+,19-12?. The lowest BCUT2D eigenvalue weighted by Crippen LogP contribution is -2.33. The Labute approximate surface area is 214 Å². The maximum atomic E-state index is 13.5. The molecular formula is C27H20F2N6O3. The molecule has 0 aliphatic carbocycles. The van der Waals surface area contributed by atoms with E-state index in [0.29, 0.717) is 22.6 Å². The molecule has 0 saturated carbocycles. The Morgan fingerprint density at radius 2 is 1.97 bits per heavy atom. The smallest absolute Gasteiger partial charge is 0.266 e. The van der Waals surface area contributed by atoms with Crippen LogP contribution < -0.4 is 16.2 Å². The topological polar surface area (TPSA) is 122 Å². The molecule has 4 aromatic rings. The maximum absolute atomic E-state index is 13.5. The lowest BCUT2D eigenvalue weighted by Gasteiger charge is -2.08. The Morgan fingerprint density at radius 1 is 1.11 bits per heavy atom. The van der Waals surface area contributed by atoms with Crippen molar-refractivity contribution in [3.63, 3.8) is 0 Å². The van der Waals surface area contributed by atoms with Crippen LogP contribution in [0, 0.1) is 11.6 Å². The number of carbonyl (C=O) groups is 2. The number of imidazole rings is 1. The first-order chi connectivity index (χ1) is 18.4. The van der Waals surface area contributed by atoms with Crippen molar-refractivity contribution < 1.29 is 18.4 Å². The summed E-state index contributed by atoms with van der Waals surface area (Å²) >= 11 is 0. The maximum Gasteiger partial charge on any atom is 0.266 e. The van der Waals surface area contributed by atoms with Gasteiger partial charge in [-0.1, -0.05) is 30.4 Å². The molecule has 3 heterocycles. The van der Waals surface area contributed by atoms with E-state index in [1.165, 1.54) is 12.4 Å². The molecule has 0 fully saturated rings. The van der Waals surface area contributed by atoms with Crippen molar-refractivity contribution >= 4 is 35.2 Å². The van der Waals surface area contributed by atoms with Crippen LogP contribution in [-0.2, 0) is 11.3 Å². The van der Waals surface area contributed by atoms with Crippen LogP contribution >= 0.6 is 0 Å². The number of hydrogen-bond acceptors (Lipinski definition) is 5. The number of nitrogens with zero attached hydrogens (tertiary/aromatic N) is 3. The summed E-state index contributed by atoms with van der Waals surface area (Å²) in [6.45, 7) is 0.0563. The largest absolute Gasteiger partial charge is 0.348 e. The van der Waals surface area contributed by atoms with Crippen molar-refractivity contribution in [1.29, 1.82) is 0 Å². The van der Waals surface area contributed by atoms with Crippen molar-refractivity contribution in [2.45, 2.75) is 6.54 Å². The number of rotatable bonds is 7. The molecule has 190 valence electrons. The number of aromatic nitrogens is 4. The van der Waals surface area contributed by atoms with Crippen molar-refractivity contribution in [2.24, 2.45) is 0 Å². The molecule has 1 aliphatic rings. The van der Waals surface area contributed by atoms with E-state index in [1.807, 2.05) is 18.2 Å². The van der Waals surface area contributed by atoms with Crippen LogP contribution in [0.1, 0.15) is 32.9 Å². The van der Waals surface area contributed by atoms with Gasteiger partial charge in [0.15, 0.2) is 11.6 Å². The summed E-state index contributed by atoms with van der Waals surface area (Å²) in [5.74, 6) is -2.29. The lowest BCUT2D eigenvalue weighted by molar-refractivity contribution is -0.110. The Balaban J connectivity index is 1.22. The summed E-state index contributed by atoms with van der Waals surface area (Å²) in [7, 11) is 0. The highest BCUT2D eigenvalue weighted by atomic mass is 19.2. The number of hydrogen-bond donors (Lipinski definition) is 3. The van der Waals surface area contributed by atoms with Crippen LogP contribution in [0.3, 0.4) is 0 Å². The van der Waals surface area contributed by atoms with Crippen LogP contribution in [0.15, 0.2) is 72.2 Å². The molecule has 5 rings (SSSR count). The summed E-state index contributed by atoms with van der Waals surface area (Å²) in [6, 6.07) is 8.78. The highest BCUT2D eigenvalue weighted by Gasteiger charge is 2.24. The van der Waals surface area contributed by atoms with E-state index in [2.05, 4.69) is 25.6 Å². The first-order valence-corrected chi connectivity index (χ1v) is 11.5. The Hall–Kier alpha value is -5.19. The van der Waals surface area contributed by atoms with E-state index in [-0.39, 0.29) is 24.6 Å². The van der Waals surface area contributed by atoms with Crippen molar-refractivity contribution in [3.05, 3.63) is 117 Å². The van der Waals surface area contributed by atoms with Gasteiger partial charge < -0.3 is 15.6 Å². The first kappa shape index (κ1) is 24.5. The van der Waals surface area contributed by atoms with Crippen LogP contribution in [0.5, 0.6) is 0 Å². The average molecular weight is 514 g/mol. The molecule has 11 heteroatoms. The zero-order valence-electron chi connectivity index (χ0n) is 19.7. The molecule has 0 atom stereocenters. The molecule has 0 bridgehead atoms. The normalized spacial score (nSPS) is 13.6. The molecule has 0 spiro atoms. The predicted molar refractivity (Wildman–Crippen MR) is 137 cm³/mol. The van der Waals surface area contributed by atoms with E-state index in [0.717, 1.165) is 34.0 Å². The summed E-state index contributed by atoms with van der Waals surface area (Å²) < 4.78 is 27.8. The molecule has 0 saturated heterocycles. The van der Waals surface area contributed by atoms with Gasteiger partial charge in [0.05, 0.1) is 18.4 Å². The number of fused-ring (bicyclic) bond motifs is 1. The molecular weight excluding hydrogens is 494 g/mol. The number of carbonyl (C=O) groups excluding carboxylic acids is 2. The van der Waals surface area contributed by atoms with Gasteiger partial charge in [-0.25, -0.2) is 18.7 Å². The number of amides is 2. The minimum Gasteiger partial charge on any atom is -0.348 e. The molecule has 2 aromatic carbocycles. The lowest BCUT2D eigenvalue weighted by atomic mass is 10.0. The minimum absolute atomic E-state index is 0.0721. The highest BCUT2D eigenvalue weighted by Crippen LogP contribution is 2.33. The van der Waals surface area contributed by atoms with Crippen LogP contribution in [-0.4, -0.2) is 37.9 Å². The van der Waals surface area contributed by atoms with Gasteiger partial charge in [-0.2, -0.15) is 0 Å². The summed E-state index contributed by atoms with van der Waals surface area (Å²) in [5.41, 5.74) is 2.28. The van der Waals surface area contributed by atoms with Gasteiger partial charge in [0.25, 0.3) is 17.4 Å².